The third-order valence-electron chi connectivity index (χ3n) is 7.08. The number of carbonyl (C=O) groups excluding carboxylic acids is 2. The van der Waals surface area contributed by atoms with Crippen molar-refractivity contribution in [3.05, 3.63) is 90.7 Å². The molecule has 9 nitrogen and oxygen atoms in total. The number of pyridine rings is 2. The van der Waals surface area contributed by atoms with Crippen LogP contribution in [0.5, 0.6) is 11.5 Å². The van der Waals surface area contributed by atoms with E-state index in [1.807, 2.05) is 30.3 Å². The maximum atomic E-state index is 13.6. The number of ether oxygens (including phenoxy) is 1. The van der Waals surface area contributed by atoms with Crippen molar-refractivity contribution in [2.75, 3.05) is 10.2 Å². The van der Waals surface area contributed by atoms with Gasteiger partial charge in [-0.15, -0.1) is 11.3 Å². The molecule has 4 aromatic rings. The van der Waals surface area contributed by atoms with Gasteiger partial charge in [-0.2, -0.15) is 0 Å². The highest BCUT2D eigenvalue weighted by Gasteiger charge is 2.34. The van der Waals surface area contributed by atoms with E-state index in [-0.39, 0.29) is 18.0 Å². The lowest BCUT2D eigenvalue weighted by Gasteiger charge is -2.33. The van der Waals surface area contributed by atoms with Crippen LogP contribution >= 0.6 is 11.3 Å². The van der Waals surface area contributed by atoms with Gasteiger partial charge >= 0.3 is 6.03 Å². The molecule has 3 N–H and O–H groups in total. The molecule has 4 heterocycles. The number of benzene rings is 1. The van der Waals surface area contributed by atoms with Gasteiger partial charge in [-0.3, -0.25) is 4.79 Å². The smallest absolute Gasteiger partial charge is 0.332 e. The molecule has 2 atom stereocenters. The number of amides is 3. The minimum Gasteiger partial charge on any atom is -0.456 e. The summed E-state index contributed by atoms with van der Waals surface area (Å²) in [6, 6.07) is 14.2. The van der Waals surface area contributed by atoms with Gasteiger partial charge in [0.2, 0.25) is 0 Å². The number of rotatable bonds is 8. The van der Waals surface area contributed by atoms with Crippen LogP contribution in [0, 0.1) is 0 Å². The van der Waals surface area contributed by atoms with Gasteiger partial charge in [0, 0.05) is 24.0 Å². The van der Waals surface area contributed by atoms with Crippen LogP contribution in [0.25, 0.3) is 10.2 Å². The number of thiophene rings is 1. The molecule has 0 saturated heterocycles. The topological polar surface area (TPSA) is 108 Å². The molecule has 0 spiro atoms. The number of urea groups is 1. The Morgan fingerprint density at radius 3 is 2.55 bits per heavy atom. The predicted octanol–water partition coefficient (Wildman–Crippen LogP) is 6.50. The first-order valence-electron chi connectivity index (χ1n) is 13.1. The second-order valence-corrected chi connectivity index (χ2v) is 10.7. The fourth-order valence-electron chi connectivity index (χ4n) is 5.17. The summed E-state index contributed by atoms with van der Waals surface area (Å²) < 4.78 is 5.84. The standard InChI is InChI=1S/C30H28N6O3S/c1-3-18(2)33-21-11-7-8-12-22(21)34-28(37)27-26-25-23(15-16-31-29(25)40-27)36(30(38)35-26)24-14-13-20(17-32-24)39-19-9-5-4-6-10-19/h3-6,9-10,13-17,21-22,33H,1-2,7-8,11-12H2,(H,34,37)(H,35,38)/t21?,22-/m1/s1. The van der Waals surface area contributed by atoms with Crippen molar-refractivity contribution in [2.45, 2.75) is 37.8 Å². The first-order chi connectivity index (χ1) is 19.5. The zero-order chi connectivity index (χ0) is 27.6. The van der Waals surface area contributed by atoms with Crippen molar-refractivity contribution in [1.29, 1.82) is 0 Å². The van der Waals surface area contributed by atoms with E-state index in [0.717, 1.165) is 31.4 Å². The number of anilines is 3. The molecule has 10 heteroatoms. The van der Waals surface area contributed by atoms with Crippen LogP contribution in [0.2, 0.25) is 0 Å². The molecule has 6 rings (SSSR count). The van der Waals surface area contributed by atoms with Crippen LogP contribution < -0.4 is 25.6 Å². The maximum absolute atomic E-state index is 13.6. The number of hydrogen-bond acceptors (Lipinski definition) is 7. The van der Waals surface area contributed by atoms with Crippen molar-refractivity contribution < 1.29 is 14.3 Å². The molecule has 0 radical (unpaired) electrons. The number of aromatic nitrogens is 2. The Kier molecular flexibility index (Phi) is 6.91. The highest BCUT2D eigenvalue weighted by Crippen LogP contribution is 2.45. The van der Waals surface area contributed by atoms with Crippen LogP contribution in [0.3, 0.4) is 0 Å². The summed E-state index contributed by atoms with van der Waals surface area (Å²) in [4.78, 5) is 38.5. The van der Waals surface area contributed by atoms with Gasteiger partial charge < -0.3 is 20.7 Å². The first kappa shape index (κ1) is 25.6. The van der Waals surface area contributed by atoms with E-state index < -0.39 is 6.03 Å². The quantitative estimate of drug-likeness (QED) is 0.215. The van der Waals surface area contributed by atoms with Gasteiger partial charge in [0.15, 0.2) is 0 Å². The average Bonchev–Trinajstić information content (AvgIpc) is 3.35. The van der Waals surface area contributed by atoms with Crippen LogP contribution in [-0.4, -0.2) is 34.0 Å². The normalized spacial score (nSPS) is 18.1. The largest absolute Gasteiger partial charge is 0.456 e. The lowest BCUT2D eigenvalue weighted by Crippen LogP contribution is -2.51. The molecule has 2 aliphatic rings. The number of nitrogens with one attached hydrogen (secondary N) is 3. The lowest BCUT2D eigenvalue weighted by molar-refractivity contribution is 0.0922. The lowest BCUT2D eigenvalue weighted by atomic mass is 9.90. The molecule has 40 heavy (non-hydrogen) atoms. The third kappa shape index (κ3) is 4.89. The van der Waals surface area contributed by atoms with Gasteiger partial charge in [-0.1, -0.05) is 44.2 Å². The highest BCUT2D eigenvalue weighted by atomic mass is 32.1. The number of allylic oxidation sites excluding steroid dienone is 1. The minimum atomic E-state index is -0.406. The molecule has 1 unspecified atom stereocenters. The summed E-state index contributed by atoms with van der Waals surface area (Å²) in [6.07, 6.45) is 8.78. The number of carbonyl (C=O) groups is 2. The van der Waals surface area contributed by atoms with Gasteiger partial charge in [0.25, 0.3) is 5.91 Å². The van der Waals surface area contributed by atoms with Crippen molar-refractivity contribution in [1.82, 2.24) is 20.6 Å². The molecular weight excluding hydrogens is 524 g/mol. The van der Waals surface area contributed by atoms with Gasteiger partial charge in [0.1, 0.15) is 27.0 Å². The molecule has 1 saturated carbocycles. The van der Waals surface area contributed by atoms with Gasteiger partial charge in [-0.25, -0.2) is 19.7 Å². The fraction of sp³-hybridized carbons (Fsp3) is 0.200. The summed E-state index contributed by atoms with van der Waals surface area (Å²) in [5.41, 5.74) is 1.82. The Labute approximate surface area is 235 Å². The Hall–Kier alpha value is -4.70. The summed E-state index contributed by atoms with van der Waals surface area (Å²) in [5.74, 6) is 1.43. The zero-order valence-corrected chi connectivity index (χ0v) is 22.5. The number of hydrogen-bond donors (Lipinski definition) is 3. The van der Waals surface area contributed by atoms with E-state index in [1.165, 1.54) is 16.2 Å². The van der Waals surface area contributed by atoms with Crippen molar-refractivity contribution >= 4 is 50.7 Å². The molecule has 1 fully saturated rings. The summed E-state index contributed by atoms with van der Waals surface area (Å²) in [7, 11) is 0. The molecule has 3 aromatic heterocycles. The summed E-state index contributed by atoms with van der Waals surface area (Å²) >= 11 is 1.26. The van der Waals surface area contributed by atoms with Crippen LogP contribution in [0.1, 0.15) is 35.4 Å². The first-order valence-corrected chi connectivity index (χ1v) is 13.9. The molecule has 1 aliphatic heterocycles. The summed E-state index contributed by atoms with van der Waals surface area (Å²) in [5, 5.41) is 10.2. The van der Waals surface area contributed by atoms with E-state index in [9.17, 15) is 9.59 Å². The van der Waals surface area contributed by atoms with Crippen LogP contribution in [-0.2, 0) is 0 Å². The molecule has 0 bridgehead atoms. The zero-order valence-electron chi connectivity index (χ0n) is 21.7. The second kappa shape index (κ2) is 10.8. The molecule has 3 amide bonds. The molecular formula is C30H28N6O3S. The van der Waals surface area contributed by atoms with Gasteiger partial charge in [-0.05, 0) is 49.2 Å². The van der Waals surface area contributed by atoms with E-state index in [0.29, 0.717) is 43.8 Å². The maximum Gasteiger partial charge on any atom is 0.332 e. The van der Waals surface area contributed by atoms with Crippen LogP contribution in [0.15, 0.2) is 85.9 Å². The van der Waals surface area contributed by atoms with Crippen molar-refractivity contribution in [2.24, 2.45) is 0 Å². The van der Waals surface area contributed by atoms with Gasteiger partial charge in [0.05, 0.1) is 23.0 Å². The Morgan fingerprint density at radius 2 is 1.82 bits per heavy atom. The van der Waals surface area contributed by atoms with E-state index in [4.69, 9.17) is 4.74 Å². The summed E-state index contributed by atoms with van der Waals surface area (Å²) in [6.45, 7) is 7.73. The van der Waals surface area contributed by atoms with E-state index >= 15 is 0 Å². The monoisotopic (exact) mass is 552 g/mol. The molecule has 1 aliphatic carbocycles. The van der Waals surface area contributed by atoms with Crippen molar-refractivity contribution in [3.63, 3.8) is 0 Å². The molecule has 202 valence electrons. The minimum absolute atomic E-state index is 0.0626. The SMILES string of the molecule is C=CC(=C)NC1CCCC[C@H]1NC(=O)c1sc2nccc3c2c1NC(=O)N3c1ccc(Oc2ccccc2)cn1. The van der Waals surface area contributed by atoms with E-state index in [2.05, 4.69) is 39.1 Å². The van der Waals surface area contributed by atoms with E-state index in [1.54, 1.807) is 36.7 Å². The third-order valence-corrected chi connectivity index (χ3v) is 8.18. The second-order valence-electron chi connectivity index (χ2n) is 9.69. The molecule has 1 aromatic carbocycles. The fourth-order valence-corrected chi connectivity index (χ4v) is 6.19. The van der Waals surface area contributed by atoms with Crippen LogP contribution in [0.4, 0.5) is 22.0 Å². The average molecular weight is 553 g/mol. The van der Waals surface area contributed by atoms with Crippen molar-refractivity contribution in [3.8, 4) is 11.5 Å². The Bertz CT molecular complexity index is 1600. The number of nitrogens with zero attached hydrogens (tertiary/aromatic N) is 3. The Balaban J connectivity index is 1.27. The number of para-hydroxylation sites is 1. The Morgan fingerprint density at radius 1 is 1.05 bits per heavy atom. The predicted molar refractivity (Wildman–Crippen MR) is 158 cm³/mol. The highest BCUT2D eigenvalue weighted by molar-refractivity contribution is 7.21.